The number of halogens is 1. The van der Waals surface area contributed by atoms with Crippen LogP contribution in [-0.2, 0) is 11.3 Å². The first kappa shape index (κ1) is 24.7. The summed E-state index contributed by atoms with van der Waals surface area (Å²) < 4.78 is 15.7. The summed E-state index contributed by atoms with van der Waals surface area (Å²) >= 11 is 0. The highest BCUT2D eigenvalue weighted by Crippen LogP contribution is 2.27. The van der Waals surface area contributed by atoms with Gasteiger partial charge in [0.2, 0.25) is 0 Å². The van der Waals surface area contributed by atoms with Crippen molar-refractivity contribution in [3.05, 3.63) is 23.8 Å². The largest absolute Gasteiger partial charge is 0.493 e. The molecule has 0 aliphatic heterocycles. The van der Waals surface area contributed by atoms with Gasteiger partial charge in [-0.25, -0.2) is 4.99 Å². The molecular weight excluding hydrogens is 447 g/mol. The van der Waals surface area contributed by atoms with Crippen molar-refractivity contribution in [1.82, 2.24) is 15.5 Å². The van der Waals surface area contributed by atoms with Crippen LogP contribution in [0.5, 0.6) is 11.5 Å². The number of guanidine groups is 1. The van der Waals surface area contributed by atoms with Gasteiger partial charge in [-0.1, -0.05) is 6.07 Å². The number of rotatable bonds is 11. The van der Waals surface area contributed by atoms with Crippen molar-refractivity contribution >= 4 is 29.9 Å². The minimum atomic E-state index is 0. The molecule has 7 nitrogen and oxygen atoms in total. The maximum atomic E-state index is 5.33. The molecule has 1 aromatic rings. The third-order valence-corrected chi connectivity index (χ3v) is 3.68. The number of methoxy groups -OCH3 is 3. The number of hydrogen-bond acceptors (Lipinski definition) is 5. The zero-order chi connectivity index (χ0) is 18.5. The van der Waals surface area contributed by atoms with Crippen LogP contribution < -0.4 is 20.1 Å². The Morgan fingerprint density at radius 2 is 1.81 bits per heavy atom. The topological polar surface area (TPSA) is 67.4 Å². The highest BCUT2D eigenvalue weighted by Gasteiger charge is 2.05. The first-order valence-electron chi connectivity index (χ1n) is 8.55. The van der Waals surface area contributed by atoms with Gasteiger partial charge in [-0.2, -0.15) is 0 Å². The van der Waals surface area contributed by atoms with E-state index in [1.807, 2.05) is 18.2 Å². The molecule has 0 radical (unpaired) electrons. The summed E-state index contributed by atoms with van der Waals surface area (Å²) in [6.45, 7) is 6.83. The first-order valence-corrected chi connectivity index (χ1v) is 8.55. The standard InChI is InChI=1S/C18H32N4O3.HI/c1-6-19-18(20-9-10-22(2)11-12-23-3)21-14-15-7-8-16(24-4)17(13-15)25-5;/h7-8,13H,6,9-12,14H2,1-5H3,(H2,19,20,21);1H. The molecule has 0 unspecified atom stereocenters. The fourth-order valence-electron chi connectivity index (χ4n) is 2.22. The second kappa shape index (κ2) is 14.9. The minimum Gasteiger partial charge on any atom is -0.493 e. The van der Waals surface area contributed by atoms with Crippen LogP contribution in [0.1, 0.15) is 12.5 Å². The van der Waals surface area contributed by atoms with Crippen LogP contribution in [0, 0.1) is 0 Å². The number of benzene rings is 1. The highest BCUT2D eigenvalue weighted by molar-refractivity contribution is 14.0. The van der Waals surface area contributed by atoms with E-state index >= 15 is 0 Å². The van der Waals surface area contributed by atoms with Gasteiger partial charge in [-0.05, 0) is 31.7 Å². The van der Waals surface area contributed by atoms with Crippen molar-refractivity contribution in [2.45, 2.75) is 13.5 Å². The number of aliphatic imine (C=N–C) groups is 1. The average molecular weight is 480 g/mol. The predicted molar refractivity (Wildman–Crippen MR) is 117 cm³/mol. The Morgan fingerprint density at radius 3 is 2.42 bits per heavy atom. The minimum absolute atomic E-state index is 0. The second-order valence-corrected chi connectivity index (χ2v) is 5.61. The number of likely N-dealkylation sites (N-methyl/N-ethyl adjacent to an activating group) is 1. The fourth-order valence-corrected chi connectivity index (χ4v) is 2.22. The Morgan fingerprint density at radius 1 is 1.08 bits per heavy atom. The van der Waals surface area contributed by atoms with Crippen LogP contribution in [0.25, 0.3) is 0 Å². The van der Waals surface area contributed by atoms with Crippen LogP contribution in [0.3, 0.4) is 0 Å². The fraction of sp³-hybridized carbons (Fsp3) is 0.611. The van der Waals surface area contributed by atoms with Crippen molar-refractivity contribution in [2.24, 2.45) is 4.99 Å². The summed E-state index contributed by atoms with van der Waals surface area (Å²) in [7, 11) is 7.06. The molecule has 1 aromatic carbocycles. The Balaban J connectivity index is 0.00000625. The molecule has 1 rings (SSSR count). The summed E-state index contributed by atoms with van der Waals surface area (Å²) in [6, 6.07) is 5.84. The molecule has 0 fully saturated rings. The molecule has 0 amide bonds. The molecule has 0 heterocycles. The quantitative estimate of drug-likeness (QED) is 0.287. The molecule has 0 aliphatic carbocycles. The van der Waals surface area contributed by atoms with Crippen molar-refractivity contribution in [3.8, 4) is 11.5 Å². The van der Waals surface area contributed by atoms with E-state index in [0.29, 0.717) is 12.3 Å². The summed E-state index contributed by atoms with van der Waals surface area (Å²) in [5.41, 5.74) is 1.06. The molecule has 0 aliphatic rings. The zero-order valence-corrected chi connectivity index (χ0v) is 18.8. The van der Waals surface area contributed by atoms with Gasteiger partial charge in [0.05, 0.1) is 27.4 Å². The average Bonchev–Trinajstić information content (AvgIpc) is 2.64. The molecule has 0 saturated heterocycles. The lowest BCUT2D eigenvalue weighted by Gasteiger charge is -2.17. The molecular formula is C18H33IN4O3. The number of nitrogens with zero attached hydrogens (tertiary/aromatic N) is 2. The molecule has 26 heavy (non-hydrogen) atoms. The molecule has 0 spiro atoms. The van der Waals surface area contributed by atoms with Crippen molar-refractivity contribution < 1.29 is 14.2 Å². The molecule has 2 N–H and O–H groups in total. The lowest BCUT2D eigenvalue weighted by molar-refractivity contribution is 0.162. The third kappa shape index (κ3) is 9.44. The SMILES string of the molecule is CCNC(=NCc1ccc(OC)c(OC)c1)NCCN(C)CCOC.I. The van der Waals surface area contributed by atoms with Gasteiger partial charge in [0, 0.05) is 33.3 Å². The normalized spacial score (nSPS) is 11.1. The van der Waals surface area contributed by atoms with Crippen LogP contribution in [0.4, 0.5) is 0 Å². The van der Waals surface area contributed by atoms with Crippen LogP contribution in [0.2, 0.25) is 0 Å². The zero-order valence-electron chi connectivity index (χ0n) is 16.5. The van der Waals surface area contributed by atoms with E-state index in [2.05, 4.69) is 34.5 Å². The van der Waals surface area contributed by atoms with Gasteiger partial charge in [-0.15, -0.1) is 24.0 Å². The lowest BCUT2D eigenvalue weighted by atomic mass is 10.2. The van der Waals surface area contributed by atoms with Crippen LogP contribution in [-0.4, -0.2) is 72.0 Å². The molecule has 8 heteroatoms. The smallest absolute Gasteiger partial charge is 0.191 e. The molecule has 0 saturated carbocycles. The van der Waals surface area contributed by atoms with Gasteiger partial charge in [0.25, 0.3) is 0 Å². The van der Waals surface area contributed by atoms with Gasteiger partial charge in [0.15, 0.2) is 17.5 Å². The lowest BCUT2D eigenvalue weighted by Crippen LogP contribution is -2.41. The summed E-state index contributed by atoms with van der Waals surface area (Å²) in [4.78, 5) is 6.85. The summed E-state index contributed by atoms with van der Waals surface area (Å²) in [6.07, 6.45) is 0. The Hall–Kier alpha value is -1.26. The Labute approximate surface area is 174 Å². The second-order valence-electron chi connectivity index (χ2n) is 5.61. The molecule has 0 atom stereocenters. The van der Waals surface area contributed by atoms with E-state index < -0.39 is 0 Å². The maximum Gasteiger partial charge on any atom is 0.191 e. The van der Waals surface area contributed by atoms with Crippen molar-refractivity contribution in [1.29, 1.82) is 0 Å². The Bertz CT molecular complexity index is 529. The van der Waals surface area contributed by atoms with Crippen LogP contribution in [0.15, 0.2) is 23.2 Å². The monoisotopic (exact) mass is 480 g/mol. The molecule has 0 bridgehead atoms. The molecule has 0 aromatic heterocycles. The maximum absolute atomic E-state index is 5.33. The van der Waals surface area contributed by atoms with E-state index in [-0.39, 0.29) is 24.0 Å². The third-order valence-electron chi connectivity index (χ3n) is 3.68. The summed E-state index contributed by atoms with van der Waals surface area (Å²) in [5.74, 6) is 2.24. The molecule has 150 valence electrons. The van der Waals surface area contributed by atoms with E-state index in [9.17, 15) is 0 Å². The van der Waals surface area contributed by atoms with Crippen LogP contribution >= 0.6 is 24.0 Å². The van der Waals surface area contributed by atoms with E-state index in [1.165, 1.54) is 0 Å². The highest BCUT2D eigenvalue weighted by atomic mass is 127. The van der Waals surface area contributed by atoms with Crippen molar-refractivity contribution in [3.63, 3.8) is 0 Å². The van der Waals surface area contributed by atoms with Crippen molar-refractivity contribution in [2.75, 3.05) is 61.2 Å². The number of nitrogens with one attached hydrogen (secondary N) is 2. The number of hydrogen-bond donors (Lipinski definition) is 2. The Kier molecular flexibility index (Phi) is 14.1. The predicted octanol–water partition coefficient (Wildman–Crippen LogP) is 1.96. The van der Waals surface area contributed by atoms with E-state index in [1.54, 1.807) is 21.3 Å². The number of ether oxygens (including phenoxy) is 3. The van der Waals surface area contributed by atoms with Gasteiger partial charge >= 0.3 is 0 Å². The van der Waals surface area contributed by atoms with E-state index in [0.717, 1.165) is 50.1 Å². The first-order chi connectivity index (χ1) is 12.1. The van der Waals surface area contributed by atoms with Gasteiger partial charge in [-0.3, -0.25) is 0 Å². The van der Waals surface area contributed by atoms with E-state index in [4.69, 9.17) is 14.2 Å². The van der Waals surface area contributed by atoms with Gasteiger partial charge in [0.1, 0.15) is 0 Å². The summed E-state index contributed by atoms with van der Waals surface area (Å²) in [5, 5.41) is 6.61. The van der Waals surface area contributed by atoms with Gasteiger partial charge < -0.3 is 29.7 Å².